The Morgan fingerprint density at radius 3 is 1.76 bits per heavy atom. The molecule has 0 spiro atoms. The summed E-state index contributed by atoms with van der Waals surface area (Å²) in [4.78, 5) is 0. The normalized spacial score (nSPS) is 11.2. The Labute approximate surface area is 132 Å². The van der Waals surface area contributed by atoms with Crippen LogP contribution in [0.2, 0.25) is 0 Å². The second kappa shape index (κ2) is 5.94. The zero-order valence-electron chi connectivity index (χ0n) is 12.1. The molecule has 0 aliphatic carbocycles. The van der Waals surface area contributed by atoms with Crippen LogP contribution in [0.25, 0.3) is 0 Å². The first-order valence-electron chi connectivity index (χ1n) is 6.99. The van der Waals surface area contributed by atoms with Gasteiger partial charge in [-0.1, -0.05) is 28.1 Å². The van der Waals surface area contributed by atoms with Gasteiger partial charge in [-0.05, 0) is 62.2 Å². The van der Waals surface area contributed by atoms with Crippen molar-refractivity contribution in [2.45, 2.75) is 26.2 Å². The molecule has 0 atom stereocenters. The van der Waals surface area contributed by atoms with Crippen molar-refractivity contribution in [1.29, 1.82) is 0 Å². The highest BCUT2D eigenvalue weighted by atomic mass is 79.9. The second-order valence-electron chi connectivity index (χ2n) is 5.28. The van der Waals surface area contributed by atoms with Gasteiger partial charge in [-0.15, -0.1) is 0 Å². The standard InChI is InChI=1S/C18H17BrO2/c1-12-3-9-17(20-12)16(18-10-4-13(2)21-18)11-14-5-7-15(19)8-6-14/h3-10,16H,11H2,1-2H3. The summed E-state index contributed by atoms with van der Waals surface area (Å²) >= 11 is 3.47. The third kappa shape index (κ3) is 3.30. The van der Waals surface area contributed by atoms with Crippen molar-refractivity contribution in [3.05, 3.63) is 81.6 Å². The van der Waals surface area contributed by atoms with Gasteiger partial charge in [-0.2, -0.15) is 0 Å². The van der Waals surface area contributed by atoms with E-state index in [1.54, 1.807) is 0 Å². The molecule has 0 amide bonds. The summed E-state index contributed by atoms with van der Waals surface area (Å²) < 4.78 is 12.8. The van der Waals surface area contributed by atoms with E-state index in [0.29, 0.717) is 0 Å². The highest BCUT2D eigenvalue weighted by Gasteiger charge is 2.21. The molecule has 0 bridgehead atoms. The molecule has 0 saturated heterocycles. The lowest BCUT2D eigenvalue weighted by atomic mass is 9.94. The van der Waals surface area contributed by atoms with E-state index < -0.39 is 0 Å². The van der Waals surface area contributed by atoms with Crippen molar-refractivity contribution in [2.24, 2.45) is 0 Å². The number of benzene rings is 1. The van der Waals surface area contributed by atoms with Crippen LogP contribution in [-0.4, -0.2) is 0 Å². The maximum absolute atomic E-state index is 5.84. The predicted octanol–water partition coefficient (Wildman–Crippen LogP) is 5.63. The van der Waals surface area contributed by atoms with Gasteiger partial charge in [-0.3, -0.25) is 0 Å². The third-order valence-electron chi connectivity index (χ3n) is 3.56. The van der Waals surface area contributed by atoms with Crippen LogP contribution < -0.4 is 0 Å². The van der Waals surface area contributed by atoms with Crippen LogP contribution in [0.1, 0.15) is 34.5 Å². The second-order valence-corrected chi connectivity index (χ2v) is 6.20. The molecule has 0 saturated carbocycles. The number of furan rings is 2. The van der Waals surface area contributed by atoms with Gasteiger partial charge >= 0.3 is 0 Å². The van der Waals surface area contributed by atoms with Gasteiger partial charge in [0.05, 0.1) is 5.92 Å². The highest BCUT2D eigenvalue weighted by Crippen LogP contribution is 2.31. The number of hydrogen-bond donors (Lipinski definition) is 0. The highest BCUT2D eigenvalue weighted by molar-refractivity contribution is 9.10. The SMILES string of the molecule is Cc1ccc(C(Cc2ccc(Br)cc2)c2ccc(C)o2)o1. The van der Waals surface area contributed by atoms with Crippen molar-refractivity contribution in [1.82, 2.24) is 0 Å². The van der Waals surface area contributed by atoms with Crippen LogP contribution >= 0.6 is 15.9 Å². The van der Waals surface area contributed by atoms with Crippen molar-refractivity contribution in [3.63, 3.8) is 0 Å². The summed E-state index contributed by atoms with van der Waals surface area (Å²) in [5, 5.41) is 0. The van der Waals surface area contributed by atoms with Crippen LogP contribution in [0.3, 0.4) is 0 Å². The summed E-state index contributed by atoms with van der Waals surface area (Å²) in [6.07, 6.45) is 0.854. The van der Waals surface area contributed by atoms with E-state index in [2.05, 4.69) is 40.2 Å². The number of hydrogen-bond acceptors (Lipinski definition) is 2. The Morgan fingerprint density at radius 1 is 0.810 bits per heavy atom. The molecule has 0 aliphatic rings. The minimum atomic E-state index is 0.105. The van der Waals surface area contributed by atoms with Crippen molar-refractivity contribution in [3.8, 4) is 0 Å². The Hall–Kier alpha value is -1.74. The van der Waals surface area contributed by atoms with Crippen molar-refractivity contribution in [2.75, 3.05) is 0 Å². The molecule has 1 aromatic carbocycles. The lowest BCUT2D eigenvalue weighted by Gasteiger charge is -2.12. The van der Waals surface area contributed by atoms with Gasteiger partial charge in [0.2, 0.25) is 0 Å². The zero-order chi connectivity index (χ0) is 14.8. The molecular formula is C18H17BrO2. The van der Waals surface area contributed by atoms with Crippen molar-refractivity contribution >= 4 is 15.9 Å². The molecule has 21 heavy (non-hydrogen) atoms. The van der Waals surface area contributed by atoms with Crippen LogP contribution in [0.15, 0.2) is 61.8 Å². The van der Waals surface area contributed by atoms with Gasteiger partial charge in [-0.25, -0.2) is 0 Å². The minimum Gasteiger partial charge on any atom is -0.466 e. The summed E-state index contributed by atoms with van der Waals surface area (Å²) in [5.74, 6) is 3.85. The van der Waals surface area contributed by atoms with Gasteiger partial charge in [0.15, 0.2) is 0 Å². The molecule has 0 N–H and O–H groups in total. The van der Waals surface area contributed by atoms with Gasteiger partial charge in [0, 0.05) is 4.47 Å². The Morgan fingerprint density at radius 2 is 1.33 bits per heavy atom. The Bertz CT molecular complexity index is 682. The lowest BCUT2D eigenvalue weighted by molar-refractivity contribution is 0.406. The quantitative estimate of drug-likeness (QED) is 0.613. The molecule has 2 nitrogen and oxygen atoms in total. The number of aryl methyl sites for hydroxylation is 2. The predicted molar refractivity (Wildman–Crippen MR) is 86.6 cm³/mol. The first kappa shape index (κ1) is 14.2. The first-order valence-corrected chi connectivity index (χ1v) is 7.78. The molecule has 0 unspecified atom stereocenters. The van der Waals surface area contributed by atoms with Crippen LogP contribution in [0.5, 0.6) is 0 Å². The largest absolute Gasteiger partial charge is 0.466 e. The molecule has 3 heteroatoms. The summed E-state index contributed by atoms with van der Waals surface area (Å²) in [7, 11) is 0. The van der Waals surface area contributed by atoms with Gasteiger partial charge in [0.25, 0.3) is 0 Å². The van der Waals surface area contributed by atoms with Gasteiger partial charge < -0.3 is 8.83 Å². The number of halogens is 1. The van der Waals surface area contributed by atoms with E-state index in [9.17, 15) is 0 Å². The van der Waals surface area contributed by atoms with E-state index in [0.717, 1.165) is 33.9 Å². The van der Waals surface area contributed by atoms with Crippen LogP contribution in [0.4, 0.5) is 0 Å². The third-order valence-corrected chi connectivity index (χ3v) is 4.09. The molecule has 3 rings (SSSR count). The average Bonchev–Trinajstić information content (AvgIpc) is 3.07. The van der Waals surface area contributed by atoms with E-state index in [-0.39, 0.29) is 5.92 Å². The molecule has 2 aromatic heterocycles. The fourth-order valence-corrected chi connectivity index (χ4v) is 2.74. The van der Waals surface area contributed by atoms with E-state index in [1.807, 2.05) is 38.1 Å². The Kier molecular flexibility index (Phi) is 4.02. The molecule has 2 heterocycles. The summed E-state index contributed by atoms with van der Waals surface area (Å²) in [5.41, 5.74) is 1.26. The van der Waals surface area contributed by atoms with Gasteiger partial charge in [0.1, 0.15) is 23.0 Å². The molecule has 0 fully saturated rings. The van der Waals surface area contributed by atoms with E-state index in [4.69, 9.17) is 8.83 Å². The molecule has 0 radical (unpaired) electrons. The average molecular weight is 345 g/mol. The fraction of sp³-hybridized carbons (Fsp3) is 0.222. The molecule has 0 aliphatic heterocycles. The monoisotopic (exact) mass is 344 g/mol. The molecule has 108 valence electrons. The summed E-state index contributed by atoms with van der Waals surface area (Å²) in [6, 6.07) is 16.5. The smallest absolute Gasteiger partial charge is 0.115 e. The zero-order valence-corrected chi connectivity index (χ0v) is 13.7. The Balaban J connectivity index is 1.94. The maximum atomic E-state index is 5.84. The number of rotatable bonds is 4. The fourth-order valence-electron chi connectivity index (χ4n) is 2.48. The van der Waals surface area contributed by atoms with Crippen LogP contribution in [0, 0.1) is 13.8 Å². The minimum absolute atomic E-state index is 0.105. The van der Waals surface area contributed by atoms with E-state index in [1.165, 1.54) is 5.56 Å². The van der Waals surface area contributed by atoms with E-state index >= 15 is 0 Å². The topological polar surface area (TPSA) is 26.3 Å². The van der Waals surface area contributed by atoms with Crippen molar-refractivity contribution < 1.29 is 8.83 Å². The molecule has 3 aromatic rings. The summed E-state index contributed by atoms with van der Waals surface area (Å²) in [6.45, 7) is 3.93. The maximum Gasteiger partial charge on any atom is 0.115 e. The first-order chi connectivity index (χ1) is 10.1. The lowest BCUT2D eigenvalue weighted by Crippen LogP contribution is -2.03. The van der Waals surface area contributed by atoms with Crippen LogP contribution in [-0.2, 0) is 6.42 Å². The molecular weight excluding hydrogens is 328 g/mol.